The number of nitrogens with one attached hydrogen (secondary N) is 1. The molecule has 0 aliphatic carbocycles. The smallest absolute Gasteiger partial charge is 0.329 e. The van der Waals surface area contributed by atoms with Gasteiger partial charge in [-0.1, -0.05) is 39.3 Å². The van der Waals surface area contributed by atoms with Gasteiger partial charge in [0.1, 0.15) is 11.3 Å². The third-order valence-electron chi connectivity index (χ3n) is 3.09. The number of hydrogen-bond acceptors (Lipinski definition) is 4. The average molecular weight is 282 g/mol. The van der Waals surface area contributed by atoms with Crippen LogP contribution in [0.2, 0.25) is 0 Å². The van der Waals surface area contributed by atoms with Gasteiger partial charge in [-0.25, -0.2) is 4.79 Å². The SMILES string of the molecule is CCCC(C)(NC(=O)c1cc(C(C)(C)C)on1)C(=O)O. The van der Waals surface area contributed by atoms with Gasteiger partial charge in [-0.2, -0.15) is 0 Å². The molecule has 112 valence electrons. The van der Waals surface area contributed by atoms with Crippen LogP contribution in [0, 0.1) is 0 Å². The Bertz CT molecular complexity index is 502. The van der Waals surface area contributed by atoms with E-state index in [4.69, 9.17) is 4.52 Å². The van der Waals surface area contributed by atoms with E-state index in [1.165, 1.54) is 6.92 Å². The zero-order chi connectivity index (χ0) is 15.6. The number of carbonyl (C=O) groups excluding carboxylic acids is 1. The summed E-state index contributed by atoms with van der Waals surface area (Å²) in [5.74, 6) is -1.02. The molecule has 6 heteroatoms. The van der Waals surface area contributed by atoms with Crippen molar-refractivity contribution in [3.05, 3.63) is 17.5 Å². The first kappa shape index (κ1) is 16.2. The van der Waals surface area contributed by atoms with E-state index < -0.39 is 17.4 Å². The lowest BCUT2D eigenvalue weighted by Gasteiger charge is -2.25. The Balaban J connectivity index is 2.90. The van der Waals surface area contributed by atoms with E-state index in [1.807, 2.05) is 27.7 Å². The van der Waals surface area contributed by atoms with Crippen molar-refractivity contribution >= 4 is 11.9 Å². The highest BCUT2D eigenvalue weighted by atomic mass is 16.5. The van der Waals surface area contributed by atoms with Gasteiger partial charge in [-0.3, -0.25) is 4.79 Å². The topological polar surface area (TPSA) is 92.4 Å². The minimum Gasteiger partial charge on any atom is -0.480 e. The van der Waals surface area contributed by atoms with Crippen LogP contribution in [0.3, 0.4) is 0 Å². The fraction of sp³-hybridized carbons (Fsp3) is 0.643. The molecule has 6 nitrogen and oxygen atoms in total. The second-order valence-corrected chi connectivity index (χ2v) is 6.17. The summed E-state index contributed by atoms with van der Waals surface area (Å²) >= 11 is 0. The summed E-state index contributed by atoms with van der Waals surface area (Å²) < 4.78 is 5.13. The highest BCUT2D eigenvalue weighted by molar-refractivity contribution is 5.96. The van der Waals surface area contributed by atoms with Crippen molar-refractivity contribution in [2.24, 2.45) is 0 Å². The molecule has 0 saturated carbocycles. The van der Waals surface area contributed by atoms with Gasteiger partial charge in [-0.15, -0.1) is 0 Å². The Morgan fingerprint density at radius 3 is 2.35 bits per heavy atom. The maximum Gasteiger partial charge on any atom is 0.329 e. The van der Waals surface area contributed by atoms with E-state index >= 15 is 0 Å². The summed E-state index contributed by atoms with van der Waals surface area (Å²) in [5.41, 5.74) is -1.46. The maximum absolute atomic E-state index is 12.1. The molecule has 1 aromatic heterocycles. The van der Waals surface area contributed by atoms with Crippen LogP contribution in [0.5, 0.6) is 0 Å². The second-order valence-electron chi connectivity index (χ2n) is 6.17. The van der Waals surface area contributed by atoms with Gasteiger partial charge in [0, 0.05) is 11.5 Å². The van der Waals surface area contributed by atoms with E-state index in [0.717, 1.165) is 0 Å². The summed E-state index contributed by atoms with van der Waals surface area (Å²) in [6.45, 7) is 9.16. The number of carboxylic acids is 1. The molecular formula is C14H22N2O4. The molecule has 1 unspecified atom stereocenters. The lowest BCUT2D eigenvalue weighted by Crippen LogP contribution is -2.52. The molecule has 0 aliphatic heterocycles. The first-order chi connectivity index (χ1) is 9.10. The first-order valence-electron chi connectivity index (χ1n) is 6.63. The van der Waals surface area contributed by atoms with Crippen LogP contribution in [0.15, 0.2) is 10.6 Å². The molecule has 0 spiro atoms. The fourth-order valence-corrected chi connectivity index (χ4v) is 1.77. The largest absolute Gasteiger partial charge is 0.480 e. The van der Waals surface area contributed by atoms with Crippen LogP contribution in [-0.4, -0.2) is 27.7 Å². The Hall–Kier alpha value is -1.85. The number of carboxylic acid groups (broad SMARTS) is 1. The molecule has 0 saturated heterocycles. The van der Waals surface area contributed by atoms with Gasteiger partial charge >= 0.3 is 5.97 Å². The molecule has 0 fully saturated rings. The van der Waals surface area contributed by atoms with E-state index in [2.05, 4.69) is 10.5 Å². The van der Waals surface area contributed by atoms with Gasteiger partial charge in [0.05, 0.1) is 0 Å². The fourth-order valence-electron chi connectivity index (χ4n) is 1.77. The summed E-state index contributed by atoms with van der Waals surface area (Å²) in [4.78, 5) is 23.4. The van der Waals surface area contributed by atoms with Crippen molar-refractivity contribution < 1.29 is 19.2 Å². The molecule has 0 aromatic carbocycles. The monoisotopic (exact) mass is 282 g/mol. The molecule has 20 heavy (non-hydrogen) atoms. The van der Waals surface area contributed by atoms with Crippen molar-refractivity contribution in [3.63, 3.8) is 0 Å². The number of aromatic nitrogens is 1. The molecule has 1 heterocycles. The van der Waals surface area contributed by atoms with Crippen LogP contribution in [0.4, 0.5) is 0 Å². The Labute approximate surface area is 118 Å². The van der Waals surface area contributed by atoms with Gasteiger partial charge in [0.15, 0.2) is 5.69 Å². The zero-order valence-corrected chi connectivity index (χ0v) is 12.6. The molecular weight excluding hydrogens is 260 g/mol. The molecule has 2 N–H and O–H groups in total. The third-order valence-corrected chi connectivity index (χ3v) is 3.09. The van der Waals surface area contributed by atoms with Gasteiger partial charge in [0.25, 0.3) is 5.91 Å². The minimum absolute atomic E-state index is 0.0958. The predicted octanol–water partition coefficient (Wildman–Crippen LogP) is 2.35. The number of amides is 1. The quantitative estimate of drug-likeness (QED) is 0.864. The second kappa shape index (κ2) is 5.64. The van der Waals surface area contributed by atoms with Crippen molar-refractivity contribution in [1.82, 2.24) is 10.5 Å². The Kier molecular flexibility index (Phi) is 4.57. The van der Waals surface area contributed by atoms with Gasteiger partial charge in [-0.05, 0) is 13.3 Å². The van der Waals surface area contributed by atoms with E-state index in [1.54, 1.807) is 6.07 Å². The normalized spacial score (nSPS) is 14.7. The van der Waals surface area contributed by atoms with Crippen LogP contribution < -0.4 is 5.32 Å². The van der Waals surface area contributed by atoms with Crippen molar-refractivity contribution in [1.29, 1.82) is 0 Å². The number of hydrogen-bond donors (Lipinski definition) is 2. The molecule has 0 aliphatic rings. The van der Waals surface area contributed by atoms with Crippen LogP contribution in [-0.2, 0) is 10.2 Å². The van der Waals surface area contributed by atoms with Crippen molar-refractivity contribution in [2.45, 2.75) is 58.4 Å². The van der Waals surface area contributed by atoms with Crippen LogP contribution in [0.25, 0.3) is 0 Å². The number of carbonyl (C=O) groups is 2. The molecule has 0 bridgehead atoms. The lowest BCUT2D eigenvalue weighted by molar-refractivity contribution is -0.144. The highest BCUT2D eigenvalue weighted by Crippen LogP contribution is 2.23. The summed E-state index contributed by atoms with van der Waals surface area (Å²) in [6, 6.07) is 1.55. The predicted molar refractivity (Wildman–Crippen MR) is 73.6 cm³/mol. The minimum atomic E-state index is -1.30. The van der Waals surface area contributed by atoms with Gasteiger partial charge in [0.2, 0.25) is 0 Å². The third kappa shape index (κ3) is 3.59. The molecule has 0 radical (unpaired) electrons. The lowest BCUT2D eigenvalue weighted by atomic mass is 9.93. The molecule has 1 amide bonds. The van der Waals surface area contributed by atoms with E-state index in [0.29, 0.717) is 18.6 Å². The number of rotatable bonds is 5. The Morgan fingerprint density at radius 1 is 1.35 bits per heavy atom. The molecule has 1 rings (SSSR count). The maximum atomic E-state index is 12.1. The van der Waals surface area contributed by atoms with Crippen molar-refractivity contribution in [2.75, 3.05) is 0 Å². The van der Waals surface area contributed by atoms with Crippen molar-refractivity contribution in [3.8, 4) is 0 Å². The molecule has 1 atom stereocenters. The van der Waals surface area contributed by atoms with E-state index in [-0.39, 0.29) is 11.1 Å². The summed E-state index contributed by atoms with van der Waals surface area (Å²) in [7, 11) is 0. The number of aliphatic carboxylic acids is 1. The summed E-state index contributed by atoms with van der Waals surface area (Å²) in [5, 5.41) is 15.5. The highest BCUT2D eigenvalue weighted by Gasteiger charge is 2.35. The van der Waals surface area contributed by atoms with Crippen LogP contribution >= 0.6 is 0 Å². The average Bonchev–Trinajstić information content (AvgIpc) is 2.77. The Morgan fingerprint density at radius 2 is 1.95 bits per heavy atom. The van der Waals surface area contributed by atoms with Gasteiger partial charge < -0.3 is 14.9 Å². The summed E-state index contributed by atoms with van der Waals surface area (Å²) in [6.07, 6.45) is 0.993. The first-order valence-corrected chi connectivity index (χ1v) is 6.63. The zero-order valence-electron chi connectivity index (χ0n) is 12.6. The molecule has 1 aromatic rings. The number of nitrogens with zero attached hydrogens (tertiary/aromatic N) is 1. The standard InChI is InChI=1S/C14H22N2O4/c1-6-7-14(5,12(18)19)15-11(17)9-8-10(20-16-9)13(2,3)4/h8H,6-7H2,1-5H3,(H,15,17)(H,18,19). The van der Waals surface area contributed by atoms with Crippen LogP contribution in [0.1, 0.15) is 63.7 Å². The van der Waals surface area contributed by atoms with E-state index in [9.17, 15) is 14.7 Å².